The fourth-order valence-corrected chi connectivity index (χ4v) is 1.27. The molecule has 0 saturated carbocycles. The topological polar surface area (TPSA) is 34.1 Å². The largest absolute Gasteiger partial charge is 0.303 e. The van der Waals surface area contributed by atoms with Gasteiger partial charge in [-0.1, -0.05) is 18.2 Å². The van der Waals surface area contributed by atoms with Crippen molar-refractivity contribution >= 4 is 12.6 Å². The van der Waals surface area contributed by atoms with Gasteiger partial charge in [-0.3, -0.25) is 4.79 Å². The molecular formula is C9H10O2. The second-order valence-electron chi connectivity index (χ2n) is 2.80. The van der Waals surface area contributed by atoms with Crippen LogP contribution in [0.15, 0.2) is 23.8 Å². The van der Waals surface area contributed by atoms with E-state index in [1.807, 2.05) is 0 Å². The van der Waals surface area contributed by atoms with Crippen LogP contribution in [0.4, 0.5) is 0 Å². The van der Waals surface area contributed by atoms with Gasteiger partial charge in [-0.15, -0.1) is 0 Å². The lowest BCUT2D eigenvalue weighted by Gasteiger charge is -2.15. The van der Waals surface area contributed by atoms with Crippen LogP contribution in [0.1, 0.15) is 12.8 Å². The molecule has 1 rings (SSSR count). The summed E-state index contributed by atoms with van der Waals surface area (Å²) in [6.45, 7) is 3.72. The molecule has 1 atom stereocenters. The lowest BCUT2D eigenvalue weighted by Crippen LogP contribution is -2.09. The highest BCUT2D eigenvalue weighted by atomic mass is 16.1. The number of aldehydes is 2. The van der Waals surface area contributed by atoms with E-state index in [4.69, 9.17) is 0 Å². The molecule has 0 fully saturated rings. The first-order chi connectivity index (χ1) is 5.26. The highest BCUT2D eigenvalue weighted by Crippen LogP contribution is 2.23. The summed E-state index contributed by atoms with van der Waals surface area (Å²) in [5.41, 5.74) is 1.55. The Labute approximate surface area is 65.6 Å². The van der Waals surface area contributed by atoms with E-state index in [9.17, 15) is 9.59 Å². The van der Waals surface area contributed by atoms with Crippen molar-refractivity contribution in [3.63, 3.8) is 0 Å². The van der Waals surface area contributed by atoms with Gasteiger partial charge in [0.25, 0.3) is 0 Å². The first-order valence-corrected chi connectivity index (χ1v) is 3.55. The monoisotopic (exact) mass is 150 g/mol. The number of hydrogen-bond acceptors (Lipinski definition) is 2. The Kier molecular flexibility index (Phi) is 2.36. The zero-order valence-corrected chi connectivity index (χ0v) is 6.25. The average Bonchev–Trinajstić information content (AvgIpc) is 2.03. The van der Waals surface area contributed by atoms with Gasteiger partial charge in [0.05, 0.1) is 0 Å². The van der Waals surface area contributed by atoms with Gasteiger partial charge in [0.2, 0.25) is 0 Å². The van der Waals surface area contributed by atoms with Crippen LogP contribution in [0, 0.1) is 5.92 Å². The van der Waals surface area contributed by atoms with E-state index < -0.39 is 0 Å². The minimum Gasteiger partial charge on any atom is -0.303 e. The van der Waals surface area contributed by atoms with Gasteiger partial charge in [-0.2, -0.15) is 0 Å². The van der Waals surface area contributed by atoms with Gasteiger partial charge >= 0.3 is 0 Å². The van der Waals surface area contributed by atoms with Crippen molar-refractivity contribution in [2.24, 2.45) is 5.92 Å². The Bertz CT molecular complexity index is 226. The van der Waals surface area contributed by atoms with Gasteiger partial charge in [0, 0.05) is 5.92 Å². The summed E-state index contributed by atoms with van der Waals surface area (Å²) in [5.74, 6) is -0.0345. The third-order valence-electron chi connectivity index (χ3n) is 1.76. The summed E-state index contributed by atoms with van der Waals surface area (Å²) in [6.07, 6.45) is 4.71. The number of rotatable bonds is 2. The summed E-state index contributed by atoms with van der Waals surface area (Å²) in [6, 6.07) is 0. The van der Waals surface area contributed by atoms with E-state index in [1.165, 1.54) is 0 Å². The van der Waals surface area contributed by atoms with Gasteiger partial charge in [0.15, 0.2) is 0 Å². The SMILES string of the molecule is C=C1C=C(C=O)CC(C=O)C1. The maximum absolute atomic E-state index is 10.4. The molecule has 0 heterocycles. The molecule has 11 heavy (non-hydrogen) atoms. The predicted molar refractivity (Wildman–Crippen MR) is 42.1 cm³/mol. The third-order valence-corrected chi connectivity index (χ3v) is 1.76. The maximum Gasteiger partial charge on any atom is 0.146 e. The van der Waals surface area contributed by atoms with Crippen molar-refractivity contribution in [1.29, 1.82) is 0 Å². The molecule has 1 unspecified atom stereocenters. The normalized spacial score (nSPS) is 24.2. The van der Waals surface area contributed by atoms with Crippen LogP contribution < -0.4 is 0 Å². The highest BCUT2D eigenvalue weighted by Gasteiger charge is 2.15. The Morgan fingerprint density at radius 3 is 2.73 bits per heavy atom. The molecule has 0 aromatic heterocycles. The molecule has 0 bridgehead atoms. The minimum atomic E-state index is -0.0345. The van der Waals surface area contributed by atoms with Crippen LogP contribution in [0.2, 0.25) is 0 Å². The van der Waals surface area contributed by atoms with Gasteiger partial charge < -0.3 is 4.79 Å². The van der Waals surface area contributed by atoms with Gasteiger partial charge in [-0.25, -0.2) is 0 Å². The van der Waals surface area contributed by atoms with Gasteiger partial charge in [0.1, 0.15) is 12.6 Å². The summed E-state index contributed by atoms with van der Waals surface area (Å²) in [4.78, 5) is 20.7. The minimum absolute atomic E-state index is 0.0345. The molecule has 1 aliphatic carbocycles. The highest BCUT2D eigenvalue weighted by molar-refractivity contribution is 5.76. The zero-order chi connectivity index (χ0) is 8.27. The van der Waals surface area contributed by atoms with E-state index in [0.29, 0.717) is 18.4 Å². The Balaban J connectivity index is 2.76. The molecule has 0 aromatic rings. The lowest BCUT2D eigenvalue weighted by molar-refractivity contribution is -0.111. The van der Waals surface area contributed by atoms with Crippen LogP contribution in [0.25, 0.3) is 0 Å². The molecule has 0 aromatic carbocycles. The first kappa shape index (κ1) is 7.92. The Hall–Kier alpha value is -1.18. The number of carbonyl (C=O) groups excluding carboxylic acids is 2. The summed E-state index contributed by atoms with van der Waals surface area (Å²) in [5, 5.41) is 0. The second kappa shape index (κ2) is 3.28. The molecule has 0 amide bonds. The van der Waals surface area contributed by atoms with E-state index in [1.54, 1.807) is 6.08 Å². The van der Waals surface area contributed by atoms with Crippen molar-refractivity contribution < 1.29 is 9.59 Å². The van der Waals surface area contributed by atoms with Crippen molar-refractivity contribution in [2.45, 2.75) is 12.8 Å². The molecule has 1 aliphatic rings. The van der Waals surface area contributed by atoms with E-state index >= 15 is 0 Å². The van der Waals surface area contributed by atoms with Crippen LogP contribution in [-0.4, -0.2) is 12.6 Å². The summed E-state index contributed by atoms with van der Waals surface area (Å²) < 4.78 is 0. The quantitative estimate of drug-likeness (QED) is 0.555. The zero-order valence-electron chi connectivity index (χ0n) is 6.25. The van der Waals surface area contributed by atoms with Crippen LogP contribution in [0.5, 0.6) is 0 Å². The molecule has 2 heteroatoms. The molecule has 58 valence electrons. The molecule has 0 aliphatic heterocycles. The van der Waals surface area contributed by atoms with E-state index in [2.05, 4.69) is 6.58 Å². The number of allylic oxidation sites excluding steroid dienone is 3. The van der Waals surface area contributed by atoms with Crippen LogP contribution in [0.3, 0.4) is 0 Å². The first-order valence-electron chi connectivity index (χ1n) is 3.55. The van der Waals surface area contributed by atoms with Gasteiger partial charge in [-0.05, 0) is 18.4 Å². The molecule has 2 nitrogen and oxygen atoms in total. The van der Waals surface area contributed by atoms with Crippen molar-refractivity contribution in [2.75, 3.05) is 0 Å². The molecule has 0 N–H and O–H groups in total. The summed E-state index contributed by atoms with van der Waals surface area (Å²) >= 11 is 0. The maximum atomic E-state index is 10.4. The fraction of sp³-hybridized carbons (Fsp3) is 0.333. The molecule has 0 saturated heterocycles. The lowest BCUT2D eigenvalue weighted by atomic mass is 9.88. The van der Waals surface area contributed by atoms with Crippen LogP contribution in [-0.2, 0) is 9.59 Å². The smallest absolute Gasteiger partial charge is 0.146 e. The van der Waals surface area contributed by atoms with Crippen molar-refractivity contribution in [3.8, 4) is 0 Å². The molecular weight excluding hydrogens is 140 g/mol. The number of carbonyl (C=O) groups is 2. The Morgan fingerprint density at radius 2 is 2.18 bits per heavy atom. The second-order valence-corrected chi connectivity index (χ2v) is 2.80. The Morgan fingerprint density at radius 1 is 1.45 bits per heavy atom. The van der Waals surface area contributed by atoms with Crippen molar-refractivity contribution in [1.82, 2.24) is 0 Å². The molecule has 0 spiro atoms. The average molecular weight is 150 g/mol. The summed E-state index contributed by atoms with van der Waals surface area (Å²) in [7, 11) is 0. The number of hydrogen-bond donors (Lipinski definition) is 0. The molecule has 0 radical (unpaired) electrons. The van der Waals surface area contributed by atoms with E-state index in [0.717, 1.165) is 18.1 Å². The van der Waals surface area contributed by atoms with Crippen molar-refractivity contribution in [3.05, 3.63) is 23.8 Å². The third kappa shape index (κ3) is 1.87. The standard InChI is InChI=1S/C9H10O2/c1-7-2-8(5-10)4-9(3-7)6-11/h2,5-6,9H,1,3-4H2. The van der Waals surface area contributed by atoms with Crippen LogP contribution >= 0.6 is 0 Å². The fourth-order valence-electron chi connectivity index (χ4n) is 1.27. The predicted octanol–water partition coefficient (Wildman–Crippen LogP) is 1.28. The van der Waals surface area contributed by atoms with E-state index in [-0.39, 0.29) is 5.92 Å².